The lowest BCUT2D eigenvalue weighted by Gasteiger charge is -2.13. The van der Waals surface area contributed by atoms with Crippen LogP contribution in [-0.2, 0) is 14.3 Å². The Kier molecular flexibility index (Phi) is 6.48. The highest BCUT2D eigenvalue weighted by molar-refractivity contribution is 6.31. The van der Waals surface area contributed by atoms with Gasteiger partial charge >= 0.3 is 11.9 Å². The minimum atomic E-state index is -0.634. The Morgan fingerprint density at radius 1 is 1.00 bits per heavy atom. The third kappa shape index (κ3) is 4.73. The molecule has 0 spiro atoms. The van der Waals surface area contributed by atoms with Gasteiger partial charge in [0.05, 0.1) is 25.3 Å². The fourth-order valence-corrected chi connectivity index (χ4v) is 3.36. The van der Waals surface area contributed by atoms with Crippen LogP contribution in [0.3, 0.4) is 0 Å². The second-order valence-electron chi connectivity index (χ2n) is 6.42. The summed E-state index contributed by atoms with van der Waals surface area (Å²) in [5.41, 5.74) is 7.42. The van der Waals surface area contributed by atoms with Gasteiger partial charge in [-0.25, -0.2) is 20.4 Å². The maximum Gasteiger partial charge on any atom is 0.337 e. The Balaban J connectivity index is 1.76. The van der Waals surface area contributed by atoms with E-state index >= 15 is 0 Å². The Morgan fingerprint density at radius 2 is 1.62 bits per heavy atom. The molecule has 2 aromatic carbocycles. The van der Waals surface area contributed by atoms with Gasteiger partial charge in [0, 0.05) is 16.8 Å². The van der Waals surface area contributed by atoms with Crippen molar-refractivity contribution < 1.29 is 23.9 Å². The first-order valence-electron chi connectivity index (χ1n) is 8.81. The summed E-state index contributed by atoms with van der Waals surface area (Å²) in [7, 11) is 2.46. The molecule has 1 saturated heterocycles. The van der Waals surface area contributed by atoms with Crippen LogP contribution in [0.2, 0.25) is 5.02 Å². The van der Waals surface area contributed by atoms with Crippen molar-refractivity contribution in [2.75, 3.05) is 19.5 Å². The molecule has 1 amide bonds. The van der Waals surface area contributed by atoms with Gasteiger partial charge in [-0.15, -0.1) is 0 Å². The Hall–Kier alpha value is -2.94. The molecule has 1 aliphatic rings. The van der Waals surface area contributed by atoms with E-state index in [-0.39, 0.29) is 28.8 Å². The van der Waals surface area contributed by atoms with E-state index in [1.54, 1.807) is 6.07 Å². The second kappa shape index (κ2) is 9.04. The molecule has 152 valence electrons. The van der Waals surface area contributed by atoms with E-state index < -0.39 is 18.0 Å². The van der Waals surface area contributed by atoms with E-state index in [1.165, 1.54) is 32.4 Å². The van der Waals surface area contributed by atoms with Crippen LogP contribution in [0.4, 0.5) is 5.69 Å². The summed E-state index contributed by atoms with van der Waals surface area (Å²) in [5, 5.41) is 3.33. The number of esters is 2. The first-order chi connectivity index (χ1) is 13.9. The molecule has 2 unspecified atom stereocenters. The van der Waals surface area contributed by atoms with E-state index in [0.717, 1.165) is 5.56 Å². The van der Waals surface area contributed by atoms with E-state index in [4.69, 9.17) is 21.1 Å². The van der Waals surface area contributed by atoms with Crippen molar-refractivity contribution in [3.05, 3.63) is 64.2 Å². The number of nitrogens with one attached hydrogen (secondary N) is 3. The number of anilines is 1. The van der Waals surface area contributed by atoms with Gasteiger partial charge in [-0.1, -0.05) is 29.8 Å². The number of carbonyl (C=O) groups is 3. The molecular formula is C20H20ClN3O5. The third-order valence-corrected chi connectivity index (χ3v) is 4.89. The average Bonchev–Trinajstić information content (AvgIpc) is 3.22. The Morgan fingerprint density at radius 3 is 2.21 bits per heavy atom. The number of ether oxygens (including phenoxy) is 2. The van der Waals surface area contributed by atoms with Gasteiger partial charge in [0.25, 0.3) is 0 Å². The van der Waals surface area contributed by atoms with Crippen molar-refractivity contribution in [3.8, 4) is 0 Å². The number of amides is 1. The van der Waals surface area contributed by atoms with Gasteiger partial charge in [0.1, 0.15) is 6.04 Å². The lowest BCUT2D eigenvalue weighted by atomic mass is 10.0. The van der Waals surface area contributed by atoms with Gasteiger partial charge < -0.3 is 14.8 Å². The summed E-state index contributed by atoms with van der Waals surface area (Å²) >= 11 is 6.23. The summed E-state index contributed by atoms with van der Waals surface area (Å²) in [5.74, 6) is -1.60. The topological polar surface area (TPSA) is 106 Å². The predicted octanol–water partition coefficient (Wildman–Crippen LogP) is 2.46. The zero-order valence-corrected chi connectivity index (χ0v) is 16.6. The molecule has 3 N–H and O–H groups in total. The molecule has 0 aliphatic carbocycles. The number of carbonyl (C=O) groups excluding carboxylic acids is 3. The zero-order chi connectivity index (χ0) is 21.0. The van der Waals surface area contributed by atoms with Gasteiger partial charge in [-0.05, 0) is 36.2 Å². The van der Waals surface area contributed by atoms with Crippen LogP contribution in [0.25, 0.3) is 0 Å². The van der Waals surface area contributed by atoms with Crippen LogP contribution >= 0.6 is 11.6 Å². The van der Waals surface area contributed by atoms with Crippen LogP contribution in [0.5, 0.6) is 0 Å². The van der Waals surface area contributed by atoms with Gasteiger partial charge in [0.15, 0.2) is 0 Å². The smallest absolute Gasteiger partial charge is 0.337 e. The van der Waals surface area contributed by atoms with Crippen molar-refractivity contribution in [1.29, 1.82) is 0 Å². The molecule has 3 rings (SSSR count). The number of hydrazine groups is 1. The molecule has 1 heterocycles. The van der Waals surface area contributed by atoms with Crippen molar-refractivity contribution in [1.82, 2.24) is 10.9 Å². The largest absolute Gasteiger partial charge is 0.465 e. The van der Waals surface area contributed by atoms with Gasteiger partial charge in [0.2, 0.25) is 5.91 Å². The standard InChI is InChI=1S/C20H20ClN3O5/c1-28-19(26)11-7-12(20(27)29-2)9-13(8-11)22-18(25)17-10-16(23-24-17)14-5-3-4-6-15(14)21/h3-9,16-17,23-24H,10H2,1-2H3,(H,22,25). The number of benzene rings is 2. The number of hydrogen-bond acceptors (Lipinski definition) is 7. The molecule has 2 aromatic rings. The normalized spacial score (nSPS) is 18.2. The van der Waals surface area contributed by atoms with Crippen molar-refractivity contribution in [3.63, 3.8) is 0 Å². The van der Waals surface area contributed by atoms with Crippen molar-refractivity contribution in [2.24, 2.45) is 0 Å². The number of methoxy groups -OCH3 is 2. The van der Waals surface area contributed by atoms with Crippen molar-refractivity contribution in [2.45, 2.75) is 18.5 Å². The van der Waals surface area contributed by atoms with E-state index in [1.807, 2.05) is 18.2 Å². The van der Waals surface area contributed by atoms with Crippen LogP contribution in [-0.4, -0.2) is 38.1 Å². The van der Waals surface area contributed by atoms with Gasteiger partial charge in [-0.2, -0.15) is 0 Å². The highest BCUT2D eigenvalue weighted by Crippen LogP contribution is 2.28. The summed E-state index contributed by atoms with van der Waals surface area (Å²) in [4.78, 5) is 36.5. The summed E-state index contributed by atoms with van der Waals surface area (Å²) < 4.78 is 9.40. The first-order valence-corrected chi connectivity index (χ1v) is 9.18. The minimum Gasteiger partial charge on any atom is -0.465 e. The molecule has 9 heteroatoms. The molecule has 29 heavy (non-hydrogen) atoms. The van der Waals surface area contributed by atoms with E-state index in [2.05, 4.69) is 16.2 Å². The fourth-order valence-electron chi connectivity index (χ4n) is 3.09. The number of rotatable bonds is 5. The number of hydrogen-bond donors (Lipinski definition) is 3. The summed E-state index contributed by atoms with van der Waals surface area (Å²) in [6, 6.07) is 10.9. The third-order valence-electron chi connectivity index (χ3n) is 4.54. The highest BCUT2D eigenvalue weighted by Gasteiger charge is 2.31. The molecule has 0 saturated carbocycles. The zero-order valence-electron chi connectivity index (χ0n) is 15.8. The second-order valence-corrected chi connectivity index (χ2v) is 6.83. The quantitative estimate of drug-likeness (QED) is 0.641. The SMILES string of the molecule is COC(=O)c1cc(NC(=O)C2CC(c3ccccc3Cl)NN2)cc(C(=O)OC)c1. The van der Waals surface area contributed by atoms with Crippen LogP contribution < -0.4 is 16.2 Å². The molecule has 0 radical (unpaired) electrons. The summed E-state index contributed by atoms with van der Waals surface area (Å²) in [6.07, 6.45) is 0.468. The van der Waals surface area contributed by atoms with Crippen LogP contribution in [0.1, 0.15) is 38.7 Å². The van der Waals surface area contributed by atoms with Crippen LogP contribution in [0.15, 0.2) is 42.5 Å². The fraction of sp³-hybridized carbons (Fsp3) is 0.250. The molecule has 2 atom stereocenters. The lowest BCUT2D eigenvalue weighted by molar-refractivity contribution is -0.117. The lowest BCUT2D eigenvalue weighted by Crippen LogP contribution is -2.39. The predicted molar refractivity (Wildman–Crippen MR) is 107 cm³/mol. The van der Waals surface area contributed by atoms with Crippen molar-refractivity contribution >= 4 is 35.1 Å². The van der Waals surface area contributed by atoms with Crippen LogP contribution in [0, 0.1) is 0 Å². The maximum absolute atomic E-state index is 12.7. The molecule has 1 aliphatic heterocycles. The summed E-state index contributed by atoms with van der Waals surface area (Å²) in [6.45, 7) is 0. The monoisotopic (exact) mass is 417 g/mol. The average molecular weight is 418 g/mol. The van der Waals surface area contributed by atoms with E-state index in [0.29, 0.717) is 11.4 Å². The van der Waals surface area contributed by atoms with E-state index in [9.17, 15) is 14.4 Å². The molecule has 0 aromatic heterocycles. The minimum absolute atomic E-state index is 0.122. The Bertz CT molecular complexity index is 915. The maximum atomic E-state index is 12.7. The number of halogens is 1. The molecule has 0 bridgehead atoms. The highest BCUT2D eigenvalue weighted by atomic mass is 35.5. The Labute approximate surface area is 172 Å². The molecule has 1 fully saturated rings. The van der Waals surface area contributed by atoms with Gasteiger partial charge in [-0.3, -0.25) is 4.79 Å². The molecule has 8 nitrogen and oxygen atoms in total. The first kappa shape index (κ1) is 20.8. The molecular weight excluding hydrogens is 398 g/mol.